The van der Waals surface area contributed by atoms with Crippen LogP contribution in [0.4, 0.5) is 0 Å². The van der Waals surface area contributed by atoms with Crippen molar-refractivity contribution in [2.45, 2.75) is 62.6 Å². The number of ether oxygens (including phenoxy) is 1. The van der Waals surface area contributed by atoms with Gasteiger partial charge in [0.05, 0.1) is 17.5 Å². The molecule has 2 aliphatic heterocycles. The van der Waals surface area contributed by atoms with Crippen molar-refractivity contribution in [1.82, 2.24) is 9.80 Å². The third-order valence-corrected chi connectivity index (χ3v) is 10.3. The first kappa shape index (κ1) is 28.1. The van der Waals surface area contributed by atoms with Gasteiger partial charge in [0.15, 0.2) is 6.29 Å². The van der Waals surface area contributed by atoms with Gasteiger partial charge in [-0.1, -0.05) is 29.8 Å². The maximum absolute atomic E-state index is 10.5. The average molecular weight is 557 g/mol. The quantitative estimate of drug-likeness (QED) is 0.477. The van der Waals surface area contributed by atoms with E-state index in [1.165, 1.54) is 43.8 Å². The lowest BCUT2D eigenvalue weighted by Crippen LogP contribution is -2.56. The summed E-state index contributed by atoms with van der Waals surface area (Å²) in [7, 11) is 2.19. The summed E-state index contributed by atoms with van der Waals surface area (Å²) in [6, 6.07) is 13.4. The van der Waals surface area contributed by atoms with Gasteiger partial charge in [-0.3, -0.25) is 4.90 Å². The fourth-order valence-corrected chi connectivity index (χ4v) is 7.61. The summed E-state index contributed by atoms with van der Waals surface area (Å²) < 4.78 is 5.81. The van der Waals surface area contributed by atoms with E-state index in [1.807, 2.05) is 17.6 Å². The number of aliphatic hydroxyl groups excluding tert-OH is 3. The van der Waals surface area contributed by atoms with Gasteiger partial charge in [0.2, 0.25) is 0 Å². The molecular weight excluding hydrogens is 516 g/mol. The number of piperazine rings is 1. The molecule has 8 heteroatoms. The van der Waals surface area contributed by atoms with Crippen molar-refractivity contribution in [3.05, 3.63) is 69.6 Å². The van der Waals surface area contributed by atoms with Crippen LogP contribution >= 0.6 is 23.1 Å². The van der Waals surface area contributed by atoms with Crippen molar-refractivity contribution in [3.63, 3.8) is 0 Å². The zero-order valence-corrected chi connectivity index (χ0v) is 24.2. The number of benzene rings is 1. The molecule has 1 aliphatic carbocycles. The van der Waals surface area contributed by atoms with Gasteiger partial charge in [0.25, 0.3) is 0 Å². The third-order valence-electron chi connectivity index (χ3n) is 8.14. The van der Waals surface area contributed by atoms with Gasteiger partial charge < -0.3 is 25.0 Å². The highest BCUT2D eigenvalue weighted by Crippen LogP contribution is 2.38. The van der Waals surface area contributed by atoms with Gasteiger partial charge in [-0.25, -0.2) is 0 Å². The Balaban J connectivity index is 1.29. The molecule has 3 heterocycles. The monoisotopic (exact) mass is 556 g/mol. The SMILES string of the molecule is CS[C@H]1C(C2=CC(Cc3ccc(-c4cccc(CN5CCN(C)CC5)c4)s3)=C(C)CC2)O[C@H](O)[C@@H](O)[C@@H]1O. The second-order valence-electron chi connectivity index (χ2n) is 10.9. The van der Waals surface area contributed by atoms with Crippen LogP contribution in [-0.4, -0.2) is 94.5 Å². The predicted octanol–water partition coefficient (Wildman–Crippen LogP) is 3.91. The highest BCUT2D eigenvalue weighted by molar-refractivity contribution is 7.99. The second kappa shape index (κ2) is 12.4. The molecule has 3 aliphatic rings. The Kier molecular flexibility index (Phi) is 9.12. The van der Waals surface area contributed by atoms with E-state index >= 15 is 0 Å². The van der Waals surface area contributed by atoms with E-state index in [0.29, 0.717) is 0 Å². The fraction of sp³-hybridized carbons (Fsp3) is 0.533. The summed E-state index contributed by atoms with van der Waals surface area (Å²) in [4.78, 5) is 7.54. The summed E-state index contributed by atoms with van der Waals surface area (Å²) in [6.45, 7) is 7.70. The Bertz CT molecular complexity index is 1170. The molecule has 206 valence electrons. The molecule has 0 amide bonds. The zero-order valence-electron chi connectivity index (χ0n) is 22.5. The van der Waals surface area contributed by atoms with Crippen molar-refractivity contribution >= 4 is 23.1 Å². The van der Waals surface area contributed by atoms with Crippen LogP contribution in [0.2, 0.25) is 0 Å². The lowest BCUT2D eigenvalue weighted by atomic mass is 9.85. The first-order chi connectivity index (χ1) is 18.3. The second-order valence-corrected chi connectivity index (χ2v) is 13.1. The number of hydrogen-bond donors (Lipinski definition) is 3. The number of aliphatic hydroxyl groups is 3. The van der Waals surface area contributed by atoms with Crippen LogP contribution < -0.4 is 0 Å². The van der Waals surface area contributed by atoms with E-state index in [9.17, 15) is 15.3 Å². The van der Waals surface area contributed by atoms with Crippen molar-refractivity contribution in [3.8, 4) is 10.4 Å². The lowest BCUT2D eigenvalue weighted by molar-refractivity contribution is -0.236. The number of allylic oxidation sites excluding steroid dienone is 3. The summed E-state index contributed by atoms with van der Waals surface area (Å²) in [5.74, 6) is 0. The van der Waals surface area contributed by atoms with E-state index in [4.69, 9.17) is 4.74 Å². The molecular formula is C30H40N2O4S2. The predicted molar refractivity (Wildman–Crippen MR) is 156 cm³/mol. The molecule has 1 aromatic carbocycles. The average Bonchev–Trinajstić information content (AvgIpc) is 3.38. The molecule has 3 N–H and O–H groups in total. The largest absolute Gasteiger partial charge is 0.389 e. The van der Waals surface area contributed by atoms with Crippen LogP contribution in [0, 0.1) is 0 Å². The van der Waals surface area contributed by atoms with E-state index < -0.39 is 24.6 Å². The topological polar surface area (TPSA) is 76.4 Å². The number of thiophene rings is 1. The Morgan fingerprint density at radius 3 is 2.58 bits per heavy atom. The summed E-state index contributed by atoms with van der Waals surface area (Å²) >= 11 is 3.32. The van der Waals surface area contributed by atoms with Crippen LogP contribution in [0.25, 0.3) is 10.4 Å². The minimum absolute atomic E-state index is 0.314. The van der Waals surface area contributed by atoms with Gasteiger partial charge in [-0.15, -0.1) is 11.3 Å². The van der Waals surface area contributed by atoms with Crippen LogP contribution in [0.1, 0.15) is 30.2 Å². The van der Waals surface area contributed by atoms with Crippen molar-refractivity contribution in [2.24, 2.45) is 0 Å². The Hall–Kier alpha value is -1.49. The van der Waals surface area contributed by atoms with Crippen molar-refractivity contribution < 1.29 is 20.1 Å². The molecule has 0 spiro atoms. The number of nitrogens with zero attached hydrogens (tertiary/aromatic N) is 2. The van der Waals surface area contributed by atoms with Crippen molar-refractivity contribution in [2.75, 3.05) is 39.5 Å². The molecule has 1 aromatic heterocycles. The van der Waals surface area contributed by atoms with Crippen LogP contribution in [0.5, 0.6) is 0 Å². The van der Waals surface area contributed by atoms with Gasteiger partial charge in [0.1, 0.15) is 6.10 Å². The van der Waals surface area contributed by atoms with E-state index in [0.717, 1.165) is 57.6 Å². The Labute approximate surface area is 234 Å². The van der Waals surface area contributed by atoms with Crippen LogP contribution in [0.3, 0.4) is 0 Å². The standard InChI is InChI=1S/C30H40N2O4S2/c1-19-7-8-22(28-29(37-3)26(33)27(34)30(35)36-28)16-23(19)17-24-9-10-25(38-24)21-6-4-5-20(15-21)18-32-13-11-31(2)12-14-32/h4-6,9-10,15-16,26-30,33-35H,7-8,11-14,17-18H2,1-3H3/t26-,27-,28?,29+,30-/m0/s1. The normalized spacial score (nSPS) is 29.5. The number of rotatable bonds is 7. The summed E-state index contributed by atoms with van der Waals surface area (Å²) in [6.07, 6.45) is 2.64. The molecule has 1 unspecified atom stereocenters. The maximum atomic E-state index is 10.5. The molecule has 2 fully saturated rings. The minimum atomic E-state index is -1.37. The number of likely N-dealkylation sites (N-methyl/N-ethyl adjacent to an activating group) is 1. The van der Waals surface area contributed by atoms with Gasteiger partial charge >= 0.3 is 0 Å². The number of thioether (sulfide) groups is 1. The van der Waals surface area contributed by atoms with E-state index in [-0.39, 0.29) is 5.25 Å². The molecule has 5 rings (SSSR count). The molecule has 0 saturated carbocycles. The highest BCUT2D eigenvalue weighted by atomic mass is 32.2. The molecule has 2 saturated heterocycles. The van der Waals surface area contributed by atoms with E-state index in [2.05, 4.69) is 66.2 Å². The highest BCUT2D eigenvalue weighted by Gasteiger charge is 2.45. The Morgan fingerprint density at radius 2 is 1.82 bits per heavy atom. The lowest BCUT2D eigenvalue weighted by Gasteiger charge is -2.42. The smallest absolute Gasteiger partial charge is 0.184 e. The van der Waals surface area contributed by atoms with Gasteiger partial charge in [-0.2, -0.15) is 11.8 Å². The zero-order chi connectivity index (χ0) is 26.8. The summed E-state index contributed by atoms with van der Waals surface area (Å²) in [5, 5.41) is 30.5. The maximum Gasteiger partial charge on any atom is 0.184 e. The first-order valence-electron chi connectivity index (χ1n) is 13.5. The molecule has 0 bridgehead atoms. The minimum Gasteiger partial charge on any atom is -0.389 e. The van der Waals surface area contributed by atoms with Crippen molar-refractivity contribution in [1.29, 1.82) is 0 Å². The summed E-state index contributed by atoms with van der Waals surface area (Å²) in [5.41, 5.74) is 6.38. The van der Waals surface area contributed by atoms with Crippen LogP contribution in [-0.2, 0) is 17.7 Å². The first-order valence-corrected chi connectivity index (χ1v) is 15.6. The molecule has 6 nitrogen and oxygen atoms in total. The molecule has 2 aromatic rings. The van der Waals surface area contributed by atoms with Crippen LogP contribution in [0.15, 0.2) is 59.2 Å². The molecule has 5 atom stereocenters. The molecule has 0 radical (unpaired) electrons. The van der Waals surface area contributed by atoms with Gasteiger partial charge in [-0.05, 0) is 73.5 Å². The molecule has 38 heavy (non-hydrogen) atoms. The fourth-order valence-electron chi connectivity index (χ4n) is 5.65. The Morgan fingerprint density at radius 1 is 1.03 bits per heavy atom. The third kappa shape index (κ3) is 6.29. The number of hydrogen-bond acceptors (Lipinski definition) is 8. The van der Waals surface area contributed by atoms with Gasteiger partial charge in [0, 0.05) is 48.9 Å². The van der Waals surface area contributed by atoms with E-state index in [1.54, 1.807) is 0 Å².